The summed E-state index contributed by atoms with van der Waals surface area (Å²) in [6.07, 6.45) is 4.18. The molecule has 162 valence electrons. The minimum absolute atomic E-state index is 0.152. The zero-order valence-electron chi connectivity index (χ0n) is 17.8. The Bertz CT molecular complexity index is 1020. The highest BCUT2D eigenvalue weighted by atomic mass is 16.6. The highest BCUT2D eigenvalue weighted by molar-refractivity contribution is 5.71. The van der Waals surface area contributed by atoms with E-state index in [9.17, 15) is 4.79 Å². The van der Waals surface area contributed by atoms with Crippen LogP contribution in [0.5, 0.6) is 11.6 Å². The fraction of sp³-hybridized carbons (Fsp3) is 0.348. The van der Waals surface area contributed by atoms with Gasteiger partial charge in [-0.15, -0.1) is 0 Å². The van der Waals surface area contributed by atoms with E-state index in [2.05, 4.69) is 49.0 Å². The summed E-state index contributed by atoms with van der Waals surface area (Å²) >= 11 is 0. The van der Waals surface area contributed by atoms with Crippen molar-refractivity contribution in [3.63, 3.8) is 0 Å². The van der Waals surface area contributed by atoms with Crippen LogP contribution in [0.3, 0.4) is 0 Å². The van der Waals surface area contributed by atoms with Gasteiger partial charge >= 0.3 is 0 Å². The van der Waals surface area contributed by atoms with E-state index in [1.54, 1.807) is 6.20 Å². The number of benzene rings is 1. The molecule has 1 unspecified atom stereocenters. The maximum absolute atomic E-state index is 10.9. The van der Waals surface area contributed by atoms with Crippen molar-refractivity contribution in [2.24, 2.45) is 0 Å². The van der Waals surface area contributed by atoms with Gasteiger partial charge in [0.2, 0.25) is 0 Å². The molecule has 2 aromatic heterocycles. The lowest BCUT2D eigenvalue weighted by Gasteiger charge is -2.28. The van der Waals surface area contributed by atoms with Gasteiger partial charge in [-0.25, -0.2) is 9.97 Å². The first-order valence-corrected chi connectivity index (χ1v) is 10.4. The van der Waals surface area contributed by atoms with Gasteiger partial charge in [0.15, 0.2) is 18.1 Å². The van der Waals surface area contributed by atoms with E-state index in [-0.39, 0.29) is 6.10 Å². The molecule has 5 rings (SSSR count). The van der Waals surface area contributed by atoms with Crippen LogP contribution < -0.4 is 14.8 Å². The summed E-state index contributed by atoms with van der Waals surface area (Å²) in [5, 5.41) is 2.75. The maximum Gasteiger partial charge on any atom is 0.257 e. The average Bonchev–Trinajstić information content (AvgIpc) is 3.22. The number of nitrogens with one attached hydrogen (secondary N) is 1. The van der Waals surface area contributed by atoms with E-state index in [1.807, 2.05) is 32.4 Å². The topological polar surface area (TPSA) is 81.5 Å². The molecule has 1 atom stereocenters. The number of nitrogens with zero attached hydrogens (tertiary/aromatic N) is 4. The number of carbonyl (C=O) groups is 1. The third-order valence-corrected chi connectivity index (χ3v) is 5.16. The summed E-state index contributed by atoms with van der Waals surface area (Å²) in [5.41, 5.74) is 2.81. The van der Waals surface area contributed by atoms with E-state index >= 15 is 0 Å². The van der Waals surface area contributed by atoms with Crippen LogP contribution in [0.25, 0.3) is 0 Å². The number of imidazole rings is 1. The molecule has 3 aromatic rings. The lowest BCUT2D eigenvalue weighted by Crippen LogP contribution is -2.33. The fourth-order valence-corrected chi connectivity index (χ4v) is 3.68. The van der Waals surface area contributed by atoms with Crippen LogP contribution in [-0.4, -0.2) is 53.0 Å². The Balaban J connectivity index is 0.000000730. The number of ether oxygens (including phenoxy) is 2. The van der Waals surface area contributed by atoms with Crippen LogP contribution in [-0.2, 0) is 19.6 Å². The van der Waals surface area contributed by atoms with Crippen molar-refractivity contribution < 1.29 is 14.3 Å². The molecule has 8 heteroatoms. The zero-order valence-corrected chi connectivity index (χ0v) is 17.8. The van der Waals surface area contributed by atoms with Gasteiger partial charge in [0.05, 0.1) is 6.54 Å². The van der Waals surface area contributed by atoms with Gasteiger partial charge in [-0.05, 0) is 37.4 Å². The molecular formula is C23H27N5O3. The number of aldehydes is 1. The summed E-state index contributed by atoms with van der Waals surface area (Å²) in [5.74, 6) is 2.18. The largest absolute Gasteiger partial charge is 0.484 e. The molecule has 1 N–H and O–H groups in total. The molecule has 0 bridgehead atoms. The molecule has 0 aliphatic carbocycles. The number of rotatable bonds is 4. The minimum Gasteiger partial charge on any atom is -0.484 e. The molecular weight excluding hydrogens is 394 g/mol. The Morgan fingerprint density at radius 1 is 1.19 bits per heavy atom. The normalized spacial score (nSPS) is 17.3. The first kappa shape index (κ1) is 21.0. The van der Waals surface area contributed by atoms with Gasteiger partial charge in [-0.1, -0.05) is 24.3 Å². The first-order valence-electron chi connectivity index (χ1n) is 10.4. The van der Waals surface area contributed by atoms with Gasteiger partial charge in [-0.2, -0.15) is 0 Å². The van der Waals surface area contributed by atoms with Crippen molar-refractivity contribution in [3.05, 3.63) is 71.4 Å². The molecule has 1 aromatic carbocycles. The van der Waals surface area contributed by atoms with Crippen LogP contribution in [0.15, 0.2) is 48.8 Å². The summed E-state index contributed by atoms with van der Waals surface area (Å²) in [6, 6.07) is 12.1. The van der Waals surface area contributed by atoms with Crippen molar-refractivity contribution in [1.82, 2.24) is 24.8 Å². The molecule has 2 aliphatic rings. The molecule has 0 radical (unpaired) electrons. The quantitative estimate of drug-likeness (QED) is 0.648. The van der Waals surface area contributed by atoms with E-state index in [0.717, 1.165) is 43.9 Å². The first-order chi connectivity index (χ1) is 15.2. The Hall–Kier alpha value is -3.23. The Kier molecular flexibility index (Phi) is 6.59. The molecule has 2 aliphatic heterocycles. The number of pyridine rings is 1. The van der Waals surface area contributed by atoms with Crippen LogP contribution in [0.1, 0.15) is 33.5 Å². The van der Waals surface area contributed by atoms with Crippen LogP contribution in [0.4, 0.5) is 0 Å². The summed E-state index contributed by atoms with van der Waals surface area (Å²) in [7, 11) is 3.75. The summed E-state index contributed by atoms with van der Waals surface area (Å²) < 4.78 is 13.8. The molecule has 0 spiro atoms. The third kappa shape index (κ3) is 4.92. The van der Waals surface area contributed by atoms with E-state index in [4.69, 9.17) is 9.47 Å². The summed E-state index contributed by atoms with van der Waals surface area (Å²) in [6.45, 7) is 3.86. The van der Waals surface area contributed by atoms with Crippen molar-refractivity contribution in [2.75, 3.05) is 27.2 Å². The van der Waals surface area contributed by atoms with Crippen molar-refractivity contribution >= 4 is 6.29 Å². The number of hydrogen-bond donors (Lipinski definition) is 1. The van der Waals surface area contributed by atoms with Gasteiger partial charge in [0, 0.05) is 32.0 Å². The van der Waals surface area contributed by atoms with Crippen molar-refractivity contribution in [1.29, 1.82) is 0 Å². The lowest BCUT2D eigenvalue weighted by molar-refractivity contribution is 0.0850. The smallest absolute Gasteiger partial charge is 0.257 e. The predicted octanol–water partition coefficient (Wildman–Crippen LogP) is 2.45. The standard InChI is InChI=1S/C21H20N4O3.C2H7N/c26-13-17-11-25-9-8-24(12-20(25)23-17)10-15-3-5-16(6-4-15)19-14-27-18-2-1-7-22-21(18)28-19;1-3-2/h1-7,11,13,19H,8-10,12,14H2;3H,1-2H3. The molecule has 4 heterocycles. The highest BCUT2D eigenvalue weighted by Crippen LogP contribution is 2.34. The van der Waals surface area contributed by atoms with Crippen LogP contribution >= 0.6 is 0 Å². The van der Waals surface area contributed by atoms with Crippen molar-refractivity contribution in [2.45, 2.75) is 25.7 Å². The summed E-state index contributed by atoms with van der Waals surface area (Å²) in [4.78, 5) is 21.9. The third-order valence-electron chi connectivity index (χ3n) is 5.16. The van der Waals surface area contributed by atoms with Crippen molar-refractivity contribution in [3.8, 4) is 11.6 Å². The van der Waals surface area contributed by atoms with Gasteiger partial charge in [0.25, 0.3) is 5.88 Å². The predicted molar refractivity (Wildman–Crippen MR) is 116 cm³/mol. The number of hydrogen-bond acceptors (Lipinski definition) is 7. The minimum atomic E-state index is -0.152. The molecule has 0 saturated carbocycles. The molecule has 8 nitrogen and oxygen atoms in total. The molecule has 31 heavy (non-hydrogen) atoms. The lowest BCUT2D eigenvalue weighted by atomic mass is 10.1. The van der Waals surface area contributed by atoms with Gasteiger partial charge in [0.1, 0.15) is 18.1 Å². The van der Waals surface area contributed by atoms with Gasteiger partial charge < -0.3 is 19.4 Å². The monoisotopic (exact) mass is 421 g/mol. The van der Waals surface area contributed by atoms with Crippen LogP contribution in [0.2, 0.25) is 0 Å². The second-order valence-electron chi connectivity index (χ2n) is 7.57. The van der Waals surface area contributed by atoms with Gasteiger partial charge in [-0.3, -0.25) is 9.69 Å². The van der Waals surface area contributed by atoms with E-state index < -0.39 is 0 Å². The second kappa shape index (κ2) is 9.72. The number of fused-ring (bicyclic) bond motifs is 2. The maximum atomic E-state index is 10.9. The molecule has 0 fully saturated rings. The average molecular weight is 422 g/mol. The Morgan fingerprint density at radius 3 is 2.77 bits per heavy atom. The van der Waals surface area contributed by atoms with E-state index in [1.165, 1.54) is 5.56 Å². The van der Waals surface area contributed by atoms with Crippen LogP contribution in [0, 0.1) is 0 Å². The second-order valence-corrected chi connectivity index (χ2v) is 7.57. The molecule has 0 saturated heterocycles. The van der Waals surface area contributed by atoms with E-state index in [0.29, 0.717) is 23.9 Å². The number of carbonyl (C=O) groups excluding carboxylic acids is 1. The zero-order chi connectivity index (χ0) is 21.6. The SMILES string of the molecule is CNC.O=Cc1cn2c(n1)CN(Cc1ccc(C3COc4cccnc4O3)cc1)CC2. The fourth-order valence-electron chi connectivity index (χ4n) is 3.68. The Morgan fingerprint density at radius 2 is 2.00 bits per heavy atom. The highest BCUT2D eigenvalue weighted by Gasteiger charge is 2.23. The Labute approximate surface area is 181 Å². The molecule has 0 amide bonds. The number of aromatic nitrogens is 3.